The van der Waals surface area contributed by atoms with Crippen LogP contribution in [0.25, 0.3) is 0 Å². The molecule has 0 N–H and O–H groups in total. The Kier molecular flexibility index (Phi) is 2.82. The summed E-state index contributed by atoms with van der Waals surface area (Å²) in [5.74, 6) is 0.517. The summed E-state index contributed by atoms with van der Waals surface area (Å²) >= 11 is 0. The van der Waals surface area contributed by atoms with Crippen molar-refractivity contribution in [3.8, 4) is 0 Å². The standard InChI is InChI=1S/C13H11F3N2O/c14-13(15,16)10-4-2-1-3-9(10)11-12-17-5-6-18(12)7-8-19-11/h1-6,11H,7-8H2. The second-order valence-electron chi connectivity index (χ2n) is 4.31. The number of hydrogen-bond donors (Lipinski definition) is 0. The monoisotopic (exact) mass is 268 g/mol. The molecule has 0 saturated carbocycles. The first-order chi connectivity index (χ1) is 9.07. The van der Waals surface area contributed by atoms with Crippen LogP contribution < -0.4 is 0 Å². The maximum Gasteiger partial charge on any atom is 0.416 e. The molecule has 1 aromatic carbocycles. The van der Waals surface area contributed by atoms with Crippen molar-refractivity contribution in [2.75, 3.05) is 6.61 Å². The summed E-state index contributed by atoms with van der Waals surface area (Å²) in [6, 6.07) is 5.47. The molecule has 3 nitrogen and oxygen atoms in total. The summed E-state index contributed by atoms with van der Waals surface area (Å²) in [4.78, 5) is 4.11. The minimum absolute atomic E-state index is 0.113. The smallest absolute Gasteiger partial charge is 0.364 e. The molecule has 0 radical (unpaired) electrons. The first kappa shape index (κ1) is 12.2. The summed E-state index contributed by atoms with van der Waals surface area (Å²) in [6.45, 7) is 0.986. The number of benzene rings is 1. The van der Waals surface area contributed by atoms with E-state index in [0.29, 0.717) is 19.0 Å². The Morgan fingerprint density at radius 3 is 2.84 bits per heavy atom. The van der Waals surface area contributed by atoms with Gasteiger partial charge in [0.05, 0.1) is 12.2 Å². The first-order valence-electron chi connectivity index (χ1n) is 5.86. The lowest BCUT2D eigenvalue weighted by atomic mass is 10.0. The van der Waals surface area contributed by atoms with Crippen molar-refractivity contribution in [2.24, 2.45) is 0 Å². The van der Waals surface area contributed by atoms with Crippen molar-refractivity contribution in [1.29, 1.82) is 0 Å². The molecule has 0 aliphatic carbocycles. The molecule has 1 aromatic heterocycles. The number of imidazole rings is 1. The van der Waals surface area contributed by atoms with Crippen LogP contribution in [-0.4, -0.2) is 16.2 Å². The van der Waals surface area contributed by atoms with E-state index in [4.69, 9.17) is 4.74 Å². The van der Waals surface area contributed by atoms with Gasteiger partial charge in [0.15, 0.2) is 0 Å². The Balaban J connectivity index is 2.10. The van der Waals surface area contributed by atoms with Crippen LogP contribution in [0.5, 0.6) is 0 Å². The average molecular weight is 268 g/mol. The molecule has 2 heterocycles. The summed E-state index contributed by atoms with van der Waals surface area (Å²) in [7, 11) is 0. The highest BCUT2D eigenvalue weighted by molar-refractivity contribution is 5.35. The van der Waals surface area contributed by atoms with E-state index in [0.717, 1.165) is 6.07 Å². The zero-order valence-electron chi connectivity index (χ0n) is 9.89. The molecule has 0 spiro atoms. The third-order valence-electron chi connectivity index (χ3n) is 3.15. The third kappa shape index (κ3) is 2.12. The first-order valence-corrected chi connectivity index (χ1v) is 5.86. The van der Waals surface area contributed by atoms with Crippen molar-refractivity contribution < 1.29 is 17.9 Å². The van der Waals surface area contributed by atoms with E-state index in [1.165, 1.54) is 12.1 Å². The Morgan fingerprint density at radius 1 is 1.26 bits per heavy atom. The fourth-order valence-corrected chi connectivity index (χ4v) is 2.30. The van der Waals surface area contributed by atoms with Crippen LogP contribution in [0.3, 0.4) is 0 Å². The third-order valence-corrected chi connectivity index (χ3v) is 3.15. The van der Waals surface area contributed by atoms with Gasteiger partial charge in [-0.15, -0.1) is 0 Å². The van der Waals surface area contributed by atoms with E-state index in [1.807, 2.05) is 4.57 Å². The fourth-order valence-electron chi connectivity index (χ4n) is 2.30. The number of halogens is 3. The summed E-state index contributed by atoms with van der Waals surface area (Å²) in [5.41, 5.74) is -0.557. The fraction of sp³-hybridized carbons (Fsp3) is 0.308. The van der Waals surface area contributed by atoms with E-state index < -0.39 is 17.8 Å². The molecule has 0 amide bonds. The van der Waals surface area contributed by atoms with Gasteiger partial charge in [0.2, 0.25) is 0 Å². The van der Waals surface area contributed by atoms with Gasteiger partial charge in [0, 0.05) is 24.5 Å². The number of nitrogens with zero attached hydrogens (tertiary/aromatic N) is 2. The van der Waals surface area contributed by atoms with Crippen molar-refractivity contribution in [1.82, 2.24) is 9.55 Å². The number of alkyl halides is 3. The van der Waals surface area contributed by atoms with Crippen LogP contribution in [0.1, 0.15) is 23.1 Å². The predicted molar refractivity (Wildman–Crippen MR) is 61.5 cm³/mol. The second-order valence-corrected chi connectivity index (χ2v) is 4.31. The molecule has 6 heteroatoms. The van der Waals surface area contributed by atoms with Crippen molar-refractivity contribution in [3.05, 3.63) is 53.6 Å². The van der Waals surface area contributed by atoms with Gasteiger partial charge in [0.1, 0.15) is 11.9 Å². The predicted octanol–water partition coefficient (Wildman–Crippen LogP) is 3.02. The lowest BCUT2D eigenvalue weighted by molar-refractivity contribution is -0.139. The van der Waals surface area contributed by atoms with Crippen LogP contribution in [0.15, 0.2) is 36.7 Å². The van der Waals surface area contributed by atoms with Crippen molar-refractivity contribution in [2.45, 2.75) is 18.8 Å². The van der Waals surface area contributed by atoms with E-state index in [-0.39, 0.29) is 5.56 Å². The Hall–Kier alpha value is -1.82. The van der Waals surface area contributed by atoms with Gasteiger partial charge in [-0.3, -0.25) is 0 Å². The average Bonchev–Trinajstić information content (AvgIpc) is 2.85. The van der Waals surface area contributed by atoms with Gasteiger partial charge < -0.3 is 9.30 Å². The maximum absolute atomic E-state index is 13.0. The number of hydrogen-bond acceptors (Lipinski definition) is 2. The second kappa shape index (κ2) is 4.38. The van der Waals surface area contributed by atoms with Gasteiger partial charge >= 0.3 is 6.18 Å². The van der Waals surface area contributed by atoms with Crippen LogP contribution in [-0.2, 0) is 17.5 Å². The molecular weight excluding hydrogens is 257 g/mol. The zero-order chi connectivity index (χ0) is 13.5. The lowest BCUT2D eigenvalue weighted by Crippen LogP contribution is -2.24. The number of rotatable bonds is 1. The number of fused-ring (bicyclic) bond motifs is 1. The normalized spacial score (nSPS) is 19.2. The van der Waals surface area contributed by atoms with Gasteiger partial charge in [-0.25, -0.2) is 4.98 Å². The van der Waals surface area contributed by atoms with E-state index in [9.17, 15) is 13.2 Å². The highest BCUT2D eigenvalue weighted by Gasteiger charge is 2.37. The van der Waals surface area contributed by atoms with Crippen LogP contribution in [0.2, 0.25) is 0 Å². The van der Waals surface area contributed by atoms with E-state index >= 15 is 0 Å². The Bertz CT molecular complexity index is 592. The molecule has 1 aliphatic heterocycles. The molecule has 3 rings (SSSR count). The summed E-state index contributed by atoms with van der Waals surface area (Å²) in [5, 5.41) is 0. The minimum atomic E-state index is -4.39. The molecule has 1 atom stereocenters. The van der Waals surface area contributed by atoms with Crippen LogP contribution in [0.4, 0.5) is 13.2 Å². The topological polar surface area (TPSA) is 27.1 Å². The van der Waals surface area contributed by atoms with Crippen LogP contribution >= 0.6 is 0 Å². The summed E-state index contributed by atoms with van der Waals surface area (Å²) in [6.07, 6.45) is -1.83. The lowest BCUT2D eigenvalue weighted by Gasteiger charge is -2.26. The Labute approximate surface area is 107 Å². The quantitative estimate of drug-likeness (QED) is 0.795. The van der Waals surface area contributed by atoms with E-state index in [1.54, 1.807) is 18.5 Å². The van der Waals surface area contributed by atoms with Crippen molar-refractivity contribution >= 4 is 0 Å². The van der Waals surface area contributed by atoms with Gasteiger partial charge in [-0.1, -0.05) is 18.2 Å². The highest BCUT2D eigenvalue weighted by Crippen LogP contribution is 2.38. The highest BCUT2D eigenvalue weighted by atomic mass is 19.4. The van der Waals surface area contributed by atoms with E-state index in [2.05, 4.69) is 4.98 Å². The Morgan fingerprint density at radius 2 is 2.05 bits per heavy atom. The maximum atomic E-state index is 13.0. The SMILES string of the molecule is FC(F)(F)c1ccccc1C1OCCn2ccnc21. The summed E-state index contributed by atoms with van der Waals surface area (Å²) < 4.78 is 46.4. The molecular formula is C13H11F3N2O. The molecule has 19 heavy (non-hydrogen) atoms. The molecule has 2 aromatic rings. The molecule has 0 saturated heterocycles. The molecule has 1 unspecified atom stereocenters. The number of ether oxygens (including phenoxy) is 1. The molecule has 0 fully saturated rings. The number of aromatic nitrogens is 2. The largest absolute Gasteiger partial charge is 0.416 e. The minimum Gasteiger partial charge on any atom is -0.364 e. The zero-order valence-corrected chi connectivity index (χ0v) is 9.89. The van der Waals surface area contributed by atoms with Crippen molar-refractivity contribution in [3.63, 3.8) is 0 Å². The molecule has 100 valence electrons. The molecule has 0 bridgehead atoms. The van der Waals surface area contributed by atoms with Crippen LogP contribution in [0, 0.1) is 0 Å². The van der Waals surface area contributed by atoms with Gasteiger partial charge in [-0.05, 0) is 6.07 Å². The van der Waals surface area contributed by atoms with Gasteiger partial charge in [0.25, 0.3) is 0 Å². The molecule has 1 aliphatic rings. The van der Waals surface area contributed by atoms with Gasteiger partial charge in [-0.2, -0.15) is 13.2 Å².